The molecule has 25 heavy (non-hydrogen) atoms. The molecule has 134 valence electrons. The lowest BCUT2D eigenvalue weighted by molar-refractivity contribution is 0.0991. The molecule has 0 radical (unpaired) electrons. The van der Waals surface area contributed by atoms with Crippen molar-refractivity contribution in [3.63, 3.8) is 0 Å². The van der Waals surface area contributed by atoms with Gasteiger partial charge in [0.05, 0.1) is 0 Å². The summed E-state index contributed by atoms with van der Waals surface area (Å²) in [6.07, 6.45) is 2.69. The van der Waals surface area contributed by atoms with E-state index in [1.54, 1.807) is 18.2 Å². The second-order valence-corrected chi connectivity index (χ2v) is 8.28. The van der Waals surface area contributed by atoms with E-state index in [2.05, 4.69) is 5.32 Å². The third kappa shape index (κ3) is 3.89. The first-order valence-electron chi connectivity index (χ1n) is 8.05. The minimum Gasteiger partial charge on any atom is -0.438 e. The number of nitrogens with one attached hydrogen (secondary N) is 1. The highest BCUT2D eigenvalue weighted by atomic mass is 35.5. The zero-order valence-corrected chi connectivity index (χ0v) is 15.4. The van der Waals surface area contributed by atoms with Crippen molar-refractivity contribution in [2.45, 2.75) is 31.3 Å². The van der Waals surface area contributed by atoms with Gasteiger partial charge in [0.25, 0.3) is 15.9 Å². The number of carbonyl (C=O) groups excluding carboxylic acids is 1. The molecule has 2 heterocycles. The summed E-state index contributed by atoms with van der Waals surface area (Å²) >= 11 is 6.03. The zero-order chi connectivity index (χ0) is 18.0. The van der Waals surface area contributed by atoms with Crippen LogP contribution >= 0.6 is 11.6 Å². The molecule has 0 atom stereocenters. The number of aryl methyl sites for hydroxylation is 1. The summed E-state index contributed by atoms with van der Waals surface area (Å²) in [6.45, 7) is 2.82. The molecule has 0 bridgehead atoms. The predicted molar refractivity (Wildman–Crippen MR) is 95.5 cm³/mol. The van der Waals surface area contributed by atoms with Crippen LogP contribution < -0.4 is 5.32 Å². The number of hydrogen-bond donors (Lipinski definition) is 1. The van der Waals surface area contributed by atoms with Crippen LogP contribution in [-0.2, 0) is 10.0 Å². The maximum Gasteiger partial charge on any atom is 0.291 e. The molecule has 3 rings (SSSR count). The molecule has 0 spiro atoms. The molecule has 1 aromatic heterocycles. The highest BCUT2D eigenvalue weighted by molar-refractivity contribution is 7.89. The zero-order valence-electron chi connectivity index (χ0n) is 13.8. The number of anilines is 1. The van der Waals surface area contributed by atoms with E-state index in [-0.39, 0.29) is 10.9 Å². The Hall–Kier alpha value is -1.83. The maximum atomic E-state index is 12.5. The molecule has 1 aliphatic rings. The Morgan fingerprint density at radius 1 is 1.16 bits per heavy atom. The summed E-state index contributed by atoms with van der Waals surface area (Å²) in [5.74, 6) is -0.590. The normalized spacial score (nSPS) is 15.9. The first-order chi connectivity index (χ1) is 11.9. The smallest absolute Gasteiger partial charge is 0.291 e. The Balaban J connectivity index is 1.76. The Morgan fingerprint density at radius 2 is 1.88 bits per heavy atom. The van der Waals surface area contributed by atoms with Crippen LogP contribution in [0.1, 0.15) is 35.4 Å². The Labute approximate surface area is 151 Å². The molecule has 1 N–H and O–H groups in total. The van der Waals surface area contributed by atoms with Gasteiger partial charge in [0.2, 0.25) is 5.09 Å². The van der Waals surface area contributed by atoms with Crippen LogP contribution in [0, 0.1) is 6.92 Å². The van der Waals surface area contributed by atoms with Crippen molar-refractivity contribution in [2.24, 2.45) is 0 Å². The lowest BCUT2D eigenvalue weighted by atomic mass is 10.2. The highest BCUT2D eigenvalue weighted by Gasteiger charge is 2.29. The second-order valence-electron chi connectivity index (χ2n) is 6.00. The van der Waals surface area contributed by atoms with Gasteiger partial charge in [-0.05, 0) is 49.6 Å². The third-order valence-corrected chi connectivity index (χ3v) is 6.32. The SMILES string of the molecule is Cc1ccc(NC(=O)c2ccc(S(=O)(=O)N3CCCCC3)o2)cc1Cl. The number of rotatable bonds is 4. The van der Waals surface area contributed by atoms with Crippen molar-refractivity contribution in [3.05, 3.63) is 46.7 Å². The number of amides is 1. The van der Waals surface area contributed by atoms with Gasteiger partial charge in [0, 0.05) is 23.8 Å². The van der Waals surface area contributed by atoms with Crippen LogP contribution in [0.4, 0.5) is 5.69 Å². The second kappa shape index (κ2) is 7.19. The topological polar surface area (TPSA) is 79.6 Å². The predicted octanol–water partition coefficient (Wildman–Crippen LogP) is 3.67. The van der Waals surface area contributed by atoms with E-state index in [4.69, 9.17) is 16.0 Å². The van der Waals surface area contributed by atoms with Crippen molar-refractivity contribution in [1.29, 1.82) is 0 Å². The fourth-order valence-electron chi connectivity index (χ4n) is 2.68. The van der Waals surface area contributed by atoms with Gasteiger partial charge in [-0.25, -0.2) is 8.42 Å². The van der Waals surface area contributed by atoms with E-state index in [1.165, 1.54) is 16.4 Å². The van der Waals surface area contributed by atoms with Crippen molar-refractivity contribution in [1.82, 2.24) is 4.31 Å². The van der Waals surface area contributed by atoms with Crippen molar-refractivity contribution < 1.29 is 17.6 Å². The van der Waals surface area contributed by atoms with Gasteiger partial charge in [-0.1, -0.05) is 24.1 Å². The van der Waals surface area contributed by atoms with Crippen LogP contribution in [0.3, 0.4) is 0 Å². The summed E-state index contributed by atoms with van der Waals surface area (Å²) in [5.41, 5.74) is 1.41. The van der Waals surface area contributed by atoms with Crippen molar-refractivity contribution in [2.75, 3.05) is 18.4 Å². The van der Waals surface area contributed by atoms with Crippen LogP contribution in [0.15, 0.2) is 39.8 Å². The number of halogens is 1. The molecule has 8 heteroatoms. The van der Waals surface area contributed by atoms with E-state index in [0.717, 1.165) is 24.8 Å². The lowest BCUT2D eigenvalue weighted by Gasteiger charge is -2.24. The molecule has 1 amide bonds. The number of benzene rings is 1. The molecule has 0 saturated carbocycles. The minimum absolute atomic E-state index is 0.0627. The summed E-state index contributed by atoms with van der Waals surface area (Å²) in [4.78, 5) is 12.3. The first-order valence-corrected chi connectivity index (χ1v) is 9.87. The summed E-state index contributed by atoms with van der Waals surface area (Å²) in [7, 11) is -3.69. The molecule has 1 fully saturated rings. The molecular formula is C17H19ClN2O4S. The van der Waals surface area contributed by atoms with Crippen molar-refractivity contribution in [3.8, 4) is 0 Å². The van der Waals surface area contributed by atoms with Gasteiger partial charge in [-0.3, -0.25) is 4.79 Å². The van der Waals surface area contributed by atoms with Gasteiger partial charge >= 0.3 is 0 Å². The van der Waals surface area contributed by atoms with E-state index < -0.39 is 15.9 Å². The standard InChI is InChI=1S/C17H19ClN2O4S/c1-12-5-6-13(11-14(12)18)19-17(21)15-7-8-16(24-15)25(22,23)20-9-3-2-4-10-20/h5-8,11H,2-4,9-10H2,1H3,(H,19,21). The average Bonchev–Trinajstić information content (AvgIpc) is 3.10. The largest absolute Gasteiger partial charge is 0.438 e. The lowest BCUT2D eigenvalue weighted by Crippen LogP contribution is -2.35. The maximum absolute atomic E-state index is 12.5. The van der Waals surface area contributed by atoms with E-state index in [9.17, 15) is 13.2 Å². The fourth-order valence-corrected chi connectivity index (χ4v) is 4.29. The van der Waals surface area contributed by atoms with Crippen LogP contribution in [0.25, 0.3) is 0 Å². The van der Waals surface area contributed by atoms with Gasteiger partial charge < -0.3 is 9.73 Å². The first kappa shape index (κ1) is 18.0. The molecule has 0 unspecified atom stereocenters. The molecule has 0 aliphatic carbocycles. The minimum atomic E-state index is -3.69. The summed E-state index contributed by atoms with van der Waals surface area (Å²) < 4.78 is 31.8. The molecule has 6 nitrogen and oxygen atoms in total. The third-order valence-electron chi connectivity index (χ3n) is 4.14. The van der Waals surface area contributed by atoms with Gasteiger partial charge in [-0.2, -0.15) is 4.31 Å². The summed E-state index contributed by atoms with van der Waals surface area (Å²) in [6, 6.07) is 7.81. The molecule has 1 saturated heterocycles. The number of piperidine rings is 1. The number of furan rings is 1. The van der Waals surface area contributed by atoms with Gasteiger partial charge in [-0.15, -0.1) is 0 Å². The summed E-state index contributed by atoms with van der Waals surface area (Å²) in [5, 5.41) is 2.97. The van der Waals surface area contributed by atoms with Gasteiger partial charge in [0.15, 0.2) is 5.76 Å². The van der Waals surface area contributed by atoms with Crippen LogP contribution in [-0.4, -0.2) is 31.7 Å². The molecule has 1 aliphatic heterocycles. The molecule has 1 aromatic carbocycles. The fraction of sp³-hybridized carbons (Fsp3) is 0.353. The average molecular weight is 383 g/mol. The Morgan fingerprint density at radius 3 is 2.56 bits per heavy atom. The Bertz CT molecular complexity index is 886. The van der Waals surface area contributed by atoms with E-state index in [1.807, 2.05) is 6.92 Å². The number of sulfonamides is 1. The van der Waals surface area contributed by atoms with E-state index >= 15 is 0 Å². The number of nitrogens with zero attached hydrogens (tertiary/aromatic N) is 1. The number of hydrogen-bond acceptors (Lipinski definition) is 4. The van der Waals surface area contributed by atoms with Crippen molar-refractivity contribution >= 4 is 33.2 Å². The van der Waals surface area contributed by atoms with Crippen LogP contribution in [0.5, 0.6) is 0 Å². The monoisotopic (exact) mass is 382 g/mol. The van der Waals surface area contributed by atoms with E-state index in [0.29, 0.717) is 23.8 Å². The number of carbonyl (C=O) groups is 1. The quantitative estimate of drug-likeness (QED) is 0.874. The Kier molecular flexibility index (Phi) is 5.17. The molecular weight excluding hydrogens is 364 g/mol. The highest BCUT2D eigenvalue weighted by Crippen LogP contribution is 2.24. The van der Waals surface area contributed by atoms with Crippen LogP contribution in [0.2, 0.25) is 5.02 Å². The van der Waals surface area contributed by atoms with Gasteiger partial charge in [0.1, 0.15) is 0 Å². The molecule has 2 aromatic rings.